The first-order valence-corrected chi connectivity index (χ1v) is 14.9. The van der Waals surface area contributed by atoms with Crippen molar-refractivity contribution in [1.82, 2.24) is 20.5 Å². The number of likely N-dealkylation sites (tertiary alicyclic amines) is 1. The molecule has 3 N–H and O–H groups in total. The number of hydrogen-bond acceptors (Lipinski definition) is 8. The highest BCUT2D eigenvalue weighted by Gasteiger charge is 2.35. The quantitative estimate of drug-likeness (QED) is 0.307. The summed E-state index contributed by atoms with van der Waals surface area (Å²) in [6.45, 7) is 0.0476. The van der Waals surface area contributed by atoms with E-state index in [4.69, 9.17) is 14.2 Å². The van der Waals surface area contributed by atoms with Crippen LogP contribution >= 0.6 is 0 Å². The first-order valence-electron chi connectivity index (χ1n) is 14.9. The number of halogens is 1. The van der Waals surface area contributed by atoms with Crippen LogP contribution in [0.15, 0.2) is 67.0 Å². The summed E-state index contributed by atoms with van der Waals surface area (Å²) in [5.74, 6) is -0.781. The van der Waals surface area contributed by atoms with E-state index in [9.17, 15) is 23.9 Å². The molecule has 11 nitrogen and oxygen atoms in total. The van der Waals surface area contributed by atoms with Gasteiger partial charge in [-0.25, -0.2) is 4.39 Å². The van der Waals surface area contributed by atoms with Gasteiger partial charge in [-0.3, -0.25) is 19.4 Å². The number of carbonyl (C=O) groups excluding carboxylic acids is 3. The Morgan fingerprint density at radius 1 is 1.07 bits per heavy atom. The van der Waals surface area contributed by atoms with Crippen LogP contribution < -0.4 is 24.8 Å². The normalized spacial score (nSPS) is 19.0. The molecular formula is C34H33FN4O7. The van der Waals surface area contributed by atoms with Gasteiger partial charge in [0.2, 0.25) is 5.91 Å². The number of aromatic hydroxyl groups is 1. The average Bonchev–Trinajstić information content (AvgIpc) is 3.05. The molecule has 12 heteroatoms. The molecule has 0 saturated carbocycles. The van der Waals surface area contributed by atoms with Crippen LogP contribution in [0.4, 0.5) is 4.39 Å². The van der Waals surface area contributed by atoms with Crippen molar-refractivity contribution in [1.29, 1.82) is 0 Å². The minimum Gasteiger partial charge on any atom is -0.506 e. The van der Waals surface area contributed by atoms with Gasteiger partial charge in [-0.05, 0) is 53.9 Å². The number of nitrogens with zero attached hydrogens (tertiary/aromatic N) is 2. The number of phenolic OH excluding ortho intramolecular Hbond substituents is 1. The minimum atomic E-state index is -0.709. The number of phenols is 1. The zero-order valence-electron chi connectivity index (χ0n) is 25.1. The fourth-order valence-electron chi connectivity index (χ4n) is 5.78. The predicted molar refractivity (Wildman–Crippen MR) is 165 cm³/mol. The summed E-state index contributed by atoms with van der Waals surface area (Å²) in [5, 5.41) is 17.9. The van der Waals surface area contributed by atoms with Crippen molar-refractivity contribution in [2.45, 2.75) is 38.0 Å². The molecule has 2 aliphatic rings. The van der Waals surface area contributed by atoms with E-state index in [-0.39, 0.29) is 55.6 Å². The Bertz CT molecular complexity index is 1800. The summed E-state index contributed by atoms with van der Waals surface area (Å²) in [6, 6.07) is 13.6. The molecule has 3 amide bonds. The van der Waals surface area contributed by atoms with E-state index in [1.807, 2.05) is 6.07 Å². The Kier molecular flexibility index (Phi) is 8.86. The van der Waals surface area contributed by atoms with Crippen LogP contribution in [0.25, 0.3) is 10.8 Å². The number of rotatable bonds is 2. The molecule has 0 spiro atoms. The number of methoxy groups -OCH3 is 1. The monoisotopic (exact) mass is 628 g/mol. The Balaban J connectivity index is 1.28. The first-order chi connectivity index (χ1) is 22.3. The third kappa shape index (κ3) is 6.80. The van der Waals surface area contributed by atoms with Gasteiger partial charge < -0.3 is 34.9 Å². The zero-order valence-corrected chi connectivity index (χ0v) is 25.1. The number of ether oxygens (including phenoxy) is 3. The molecule has 4 bridgehead atoms. The highest BCUT2D eigenvalue weighted by atomic mass is 19.1. The van der Waals surface area contributed by atoms with Crippen LogP contribution in [0.1, 0.15) is 34.3 Å². The summed E-state index contributed by atoms with van der Waals surface area (Å²) in [6.07, 6.45) is 3.41. The maximum absolute atomic E-state index is 14.6. The first kappa shape index (κ1) is 30.6. The molecule has 0 aliphatic carbocycles. The third-order valence-electron chi connectivity index (χ3n) is 8.14. The molecule has 2 aliphatic heterocycles. The lowest BCUT2D eigenvalue weighted by molar-refractivity contribution is -0.125. The molecule has 238 valence electrons. The summed E-state index contributed by atoms with van der Waals surface area (Å²) in [4.78, 5) is 45.1. The van der Waals surface area contributed by atoms with Gasteiger partial charge >= 0.3 is 0 Å². The van der Waals surface area contributed by atoms with Crippen molar-refractivity contribution in [3.63, 3.8) is 0 Å². The molecule has 2 atom stereocenters. The number of carbonyl (C=O) groups is 3. The van der Waals surface area contributed by atoms with E-state index in [1.54, 1.807) is 47.5 Å². The van der Waals surface area contributed by atoms with Crippen molar-refractivity contribution < 1.29 is 38.1 Å². The van der Waals surface area contributed by atoms with Crippen molar-refractivity contribution in [2.75, 3.05) is 26.8 Å². The lowest BCUT2D eigenvalue weighted by atomic mass is 9.99. The van der Waals surface area contributed by atoms with Gasteiger partial charge in [0.25, 0.3) is 11.8 Å². The van der Waals surface area contributed by atoms with E-state index in [0.717, 1.165) is 5.56 Å². The second kappa shape index (κ2) is 13.3. The molecule has 1 aromatic heterocycles. The second-order valence-electron chi connectivity index (χ2n) is 11.3. The summed E-state index contributed by atoms with van der Waals surface area (Å²) in [5.41, 5.74) is 1.44. The lowest BCUT2D eigenvalue weighted by Crippen LogP contribution is -2.58. The van der Waals surface area contributed by atoms with Gasteiger partial charge in [0, 0.05) is 61.7 Å². The number of pyridine rings is 1. The summed E-state index contributed by atoms with van der Waals surface area (Å²) >= 11 is 0. The van der Waals surface area contributed by atoms with Crippen molar-refractivity contribution in [3.8, 4) is 23.0 Å². The van der Waals surface area contributed by atoms with Gasteiger partial charge in [-0.15, -0.1) is 0 Å². The van der Waals surface area contributed by atoms with E-state index in [1.165, 1.54) is 25.4 Å². The topological polar surface area (TPSA) is 139 Å². The second-order valence-corrected chi connectivity index (χ2v) is 11.3. The van der Waals surface area contributed by atoms with Crippen LogP contribution in [0.3, 0.4) is 0 Å². The number of fused-ring (bicyclic) bond motifs is 6. The smallest absolute Gasteiger partial charge is 0.258 e. The maximum Gasteiger partial charge on any atom is 0.258 e. The predicted octanol–water partition coefficient (Wildman–Crippen LogP) is 3.51. The SMILES string of the molecule is COc1ccc2cc1OCC(=O)N[C@@H]1CN(C(=O)c3ccc4cnccc4c3O)CC[C@H]1Oc1cc(F)cc(c1)CNC(=O)CC2. The Morgan fingerprint density at radius 2 is 1.93 bits per heavy atom. The number of nitrogens with one attached hydrogen (secondary N) is 2. The van der Waals surface area contributed by atoms with E-state index < -0.39 is 29.8 Å². The summed E-state index contributed by atoms with van der Waals surface area (Å²) in [7, 11) is 1.49. The van der Waals surface area contributed by atoms with E-state index >= 15 is 0 Å². The standard InChI is InChI=1S/C34H33FN4O7/c1-44-29-6-2-20-3-7-31(40)37-16-21-12-23(35)15-24(13-21)46-28-9-11-39(18-27(28)38-32(41)19-45-30(29)14-20)34(43)26-5-4-22-17-36-10-8-25(22)33(26)42/h2,4-6,8,10,12-15,17,27-28,42H,3,7,9,11,16,18-19H2,1H3,(H,37,40)(H,38,41)/t27-,28-/m1/s1. The van der Waals surface area contributed by atoms with Gasteiger partial charge in [0.05, 0.1) is 18.7 Å². The van der Waals surface area contributed by atoms with Crippen LogP contribution in [-0.2, 0) is 22.6 Å². The molecule has 6 rings (SSSR count). The number of aromatic nitrogens is 1. The number of benzene rings is 3. The largest absolute Gasteiger partial charge is 0.506 e. The Hall–Kier alpha value is -5.39. The van der Waals surface area contributed by atoms with Crippen molar-refractivity contribution >= 4 is 28.5 Å². The number of hydrogen-bond donors (Lipinski definition) is 3. The Labute approximate surface area is 264 Å². The molecule has 3 aromatic carbocycles. The van der Waals surface area contributed by atoms with Crippen molar-refractivity contribution in [3.05, 3.63) is 89.5 Å². The highest BCUT2D eigenvalue weighted by Crippen LogP contribution is 2.31. The van der Waals surface area contributed by atoms with Crippen LogP contribution in [0, 0.1) is 5.82 Å². The number of aryl methyl sites for hydroxylation is 1. The van der Waals surface area contributed by atoms with E-state index in [0.29, 0.717) is 40.7 Å². The fourth-order valence-corrected chi connectivity index (χ4v) is 5.78. The van der Waals surface area contributed by atoms with Crippen LogP contribution in [0.2, 0.25) is 0 Å². The lowest BCUT2D eigenvalue weighted by Gasteiger charge is -2.39. The van der Waals surface area contributed by atoms with Crippen LogP contribution in [-0.4, -0.2) is 71.7 Å². The number of piperidine rings is 1. The third-order valence-corrected chi connectivity index (χ3v) is 8.14. The zero-order chi connectivity index (χ0) is 32.2. The minimum absolute atomic E-state index is 0.0557. The fraction of sp³-hybridized carbons (Fsp3) is 0.294. The molecule has 1 saturated heterocycles. The van der Waals surface area contributed by atoms with Gasteiger partial charge in [0.15, 0.2) is 18.1 Å². The molecule has 0 radical (unpaired) electrons. The van der Waals surface area contributed by atoms with E-state index in [2.05, 4.69) is 15.6 Å². The van der Waals surface area contributed by atoms with Crippen molar-refractivity contribution in [2.24, 2.45) is 0 Å². The van der Waals surface area contributed by atoms with Gasteiger partial charge in [-0.1, -0.05) is 12.1 Å². The maximum atomic E-state index is 14.6. The molecule has 4 aromatic rings. The number of amides is 3. The van der Waals surface area contributed by atoms with Crippen LogP contribution in [0.5, 0.6) is 23.0 Å². The molecular weight excluding hydrogens is 595 g/mol. The summed E-state index contributed by atoms with van der Waals surface area (Å²) < 4.78 is 32.1. The molecule has 3 heterocycles. The average molecular weight is 629 g/mol. The Morgan fingerprint density at radius 3 is 2.78 bits per heavy atom. The molecule has 46 heavy (non-hydrogen) atoms. The van der Waals surface area contributed by atoms with Gasteiger partial charge in [0.1, 0.15) is 23.4 Å². The highest BCUT2D eigenvalue weighted by molar-refractivity contribution is 6.03. The van der Waals surface area contributed by atoms with Gasteiger partial charge in [-0.2, -0.15) is 0 Å². The molecule has 1 fully saturated rings. The molecule has 0 unspecified atom stereocenters.